The van der Waals surface area contributed by atoms with Crippen LogP contribution in [0.5, 0.6) is 0 Å². The zero-order valence-electron chi connectivity index (χ0n) is 6.54. The molecule has 1 saturated carbocycles. The van der Waals surface area contributed by atoms with Gasteiger partial charge >= 0.3 is 0 Å². The van der Waals surface area contributed by atoms with Crippen LogP contribution in [-0.2, 0) is 0 Å². The van der Waals surface area contributed by atoms with Gasteiger partial charge in [0.15, 0.2) is 0 Å². The van der Waals surface area contributed by atoms with Crippen LogP contribution < -0.4 is 0 Å². The molecule has 54 valence electrons. The Morgan fingerprint density at radius 1 is 1.60 bits per heavy atom. The lowest BCUT2D eigenvalue weighted by Gasteiger charge is -1.98. The molecule has 1 fully saturated rings. The number of allylic oxidation sites excluding steroid dienone is 2. The Bertz CT molecular complexity index is 203. The highest BCUT2D eigenvalue weighted by Crippen LogP contribution is 2.42. The van der Waals surface area contributed by atoms with E-state index in [1.54, 1.807) is 0 Å². The average Bonchev–Trinajstić information content (AvgIpc) is 2.60. The van der Waals surface area contributed by atoms with Gasteiger partial charge in [0.2, 0.25) is 0 Å². The van der Waals surface area contributed by atoms with Crippen molar-refractivity contribution in [3.8, 4) is 0 Å². The van der Waals surface area contributed by atoms with Crippen molar-refractivity contribution in [2.24, 2.45) is 16.8 Å². The highest BCUT2D eigenvalue weighted by molar-refractivity contribution is 5.93. The number of rotatable bonds is 0. The van der Waals surface area contributed by atoms with Crippen LogP contribution in [0.2, 0.25) is 0 Å². The van der Waals surface area contributed by atoms with Crippen molar-refractivity contribution < 1.29 is 0 Å². The summed E-state index contributed by atoms with van der Waals surface area (Å²) < 4.78 is 0. The van der Waals surface area contributed by atoms with Crippen molar-refractivity contribution in [2.75, 3.05) is 0 Å². The van der Waals surface area contributed by atoms with Crippen LogP contribution >= 0.6 is 0 Å². The second-order valence-electron chi connectivity index (χ2n) is 3.46. The van der Waals surface area contributed by atoms with Crippen LogP contribution in [0.3, 0.4) is 0 Å². The molecule has 0 bridgehead atoms. The summed E-state index contributed by atoms with van der Waals surface area (Å²) in [7, 11) is 0. The first kappa shape index (κ1) is 6.14. The molecule has 1 nitrogen and oxygen atoms in total. The van der Waals surface area contributed by atoms with E-state index in [0.29, 0.717) is 6.04 Å². The molecular formula is C9H13N. The molecule has 1 heterocycles. The fourth-order valence-electron chi connectivity index (χ4n) is 1.65. The summed E-state index contributed by atoms with van der Waals surface area (Å²) >= 11 is 0. The third-order valence-corrected chi connectivity index (χ3v) is 2.49. The van der Waals surface area contributed by atoms with Crippen LogP contribution in [0.15, 0.2) is 17.1 Å². The Balaban J connectivity index is 2.21. The highest BCUT2D eigenvalue weighted by Gasteiger charge is 2.40. The maximum absolute atomic E-state index is 4.53. The van der Waals surface area contributed by atoms with Gasteiger partial charge in [0.25, 0.3) is 0 Å². The number of hydrogen-bond donors (Lipinski definition) is 0. The number of nitrogens with zero attached hydrogens (tertiary/aromatic N) is 1. The molecule has 1 aliphatic heterocycles. The van der Waals surface area contributed by atoms with E-state index in [0.717, 1.165) is 11.8 Å². The van der Waals surface area contributed by atoms with E-state index >= 15 is 0 Å². The predicted octanol–water partition coefficient (Wildman–Crippen LogP) is 2.04. The predicted molar refractivity (Wildman–Crippen MR) is 43.3 cm³/mol. The molecule has 2 rings (SSSR count). The van der Waals surface area contributed by atoms with Gasteiger partial charge in [-0.1, -0.05) is 13.0 Å². The van der Waals surface area contributed by atoms with Gasteiger partial charge in [0.1, 0.15) is 0 Å². The molecule has 2 aliphatic rings. The summed E-state index contributed by atoms with van der Waals surface area (Å²) in [6, 6.07) is 0.671. The minimum Gasteiger partial charge on any atom is -0.286 e. The minimum absolute atomic E-state index is 0.671. The highest BCUT2D eigenvalue weighted by atomic mass is 14.9. The topological polar surface area (TPSA) is 12.4 Å². The largest absolute Gasteiger partial charge is 0.286 e. The van der Waals surface area contributed by atoms with Crippen LogP contribution in [0.4, 0.5) is 0 Å². The van der Waals surface area contributed by atoms with Gasteiger partial charge in [0, 0.05) is 5.71 Å². The molecule has 0 saturated heterocycles. The Hall–Kier alpha value is -0.590. The van der Waals surface area contributed by atoms with E-state index in [-0.39, 0.29) is 0 Å². The summed E-state index contributed by atoms with van der Waals surface area (Å²) in [6.07, 6.45) is 5.76. The van der Waals surface area contributed by atoms with E-state index in [2.05, 4.69) is 31.0 Å². The first-order valence-electron chi connectivity index (χ1n) is 4.00. The number of fused-ring (bicyclic) bond motifs is 1. The third-order valence-electron chi connectivity index (χ3n) is 2.49. The second-order valence-corrected chi connectivity index (χ2v) is 3.46. The Morgan fingerprint density at radius 3 is 3.20 bits per heavy atom. The van der Waals surface area contributed by atoms with Gasteiger partial charge in [0.05, 0.1) is 6.04 Å². The SMILES string of the molecule is CC1=NC2CC2C(C)C=C1. The maximum atomic E-state index is 4.53. The minimum atomic E-state index is 0.671. The van der Waals surface area contributed by atoms with E-state index in [4.69, 9.17) is 0 Å². The molecule has 0 aromatic heterocycles. The number of hydrogen-bond acceptors (Lipinski definition) is 1. The molecule has 0 spiro atoms. The van der Waals surface area contributed by atoms with Crippen molar-refractivity contribution in [3.63, 3.8) is 0 Å². The lowest BCUT2D eigenvalue weighted by molar-refractivity contribution is 0.612. The van der Waals surface area contributed by atoms with Crippen LogP contribution in [0.25, 0.3) is 0 Å². The van der Waals surface area contributed by atoms with Crippen molar-refractivity contribution in [1.29, 1.82) is 0 Å². The molecule has 0 radical (unpaired) electrons. The first-order chi connectivity index (χ1) is 4.77. The van der Waals surface area contributed by atoms with Gasteiger partial charge < -0.3 is 0 Å². The molecule has 3 atom stereocenters. The fourth-order valence-corrected chi connectivity index (χ4v) is 1.65. The fraction of sp³-hybridized carbons (Fsp3) is 0.667. The average molecular weight is 135 g/mol. The monoisotopic (exact) mass is 135 g/mol. The van der Waals surface area contributed by atoms with Crippen molar-refractivity contribution in [2.45, 2.75) is 26.3 Å². The Kier molecular flexibility index (Phi) is 1.19. The molecule has 0 aromatic rings. The molecule has 1 heteroatoms. The molecule has 0 amide bonds. The smallest absolute Gasteiger partial charge is 0.0540 e. The standard InChI is InChI=1S/C9H13N/c1-6-3-4-7(2)10-9-5-8(6)9/h3-4,6,8-9H,5H2,1-2H3. The normalized spacial score (nSPS) is 43.8. The van der Waals surface area contributed by atoms with E-state index in [9.17, 15) is 0 Å². The van der Waals surface area contributed by atoms with Gasteiger partial charge in [-0.2, -0.15) is 0 Å². The molecule has 1 aliphatic carbocycles. The van der Waals surface area contributed by atoms with Crippen molar-refractivity contribution in [3.05, 3.63) is 12.2 Å². The van der Waals surface area contributed by atoms with Crippen LogP contribution in [0.1, 0.15) is 20.3 Å². The van der Waals surface area contributed by atoms with Crippen molar-refractivity contribution in [1.82, 2.24) is 0 Å². The van der Waals surface area contributed by atoms with E-state index in [1.807, 2.05) is 0 Å². The van der Waals surface area contributed by atoms with Crippen LogP contribution in [-0.4, -0.2) is 11.8 Å². The molecule has 3 unspecified atom stereocenters. The summed E-state index contributed by atoms with van der Waals surface area (Å²) in [5.74, 6) is 1.62. The zero-order chi connectivity index (χ0) is 7.14. The molecule has 0 aromatic carbocycles. The number of aliphatic imine (C=N–C) groups is 1. The quantitative estimate of drug-likeness (QED) is 0.482. The van der Waals surface area contributed by atoms with Crippen molar-refractivity contribution >= 4 is 5.71 Å². The lowest BCUT2D eigenvalue weighted by atomic mass is 10.1. The summed E-state index contributed by atoms with van der Waals surface area (Å²) in [5.41, 5.74) is 1.21. The zero-order valence-corrected chi connectivity index (χ0v) is 6.54. The van der Waals surface area contributed by atoms with Gasteiger partial charge in [-0.05, 0) is 31.3 Å². The maximum Gasteiger partial charge on any atom is 0.0540 e. The third kappa shape index (κ3) is 0.898. The van der Waals surface area contributed by atoms with Gasteiger partial charge in [-0.3, -0.25) is 4.99 Å². The first-order valence-corrected chi connectivity index (χ1v) is 4.00. The lowest BCUT2D eigenvalue weighted by Crippen LogP contribution is -1.93. The van der Waals surface area contributed by atoms with E-state index in [1.165, 1.54) is 12.1 Å². The van der Waals surface area contributed by atoms with Gasteiger partial charge in [-0.25, -0.2) is 0 Å². The summed E-state index contributed by atoms with van der Waals surface area (Å²) in [6.45, 7) is 4.37. The molecule has 0 N–H and O–H groups in total. The Labute approximate surface area is 61.9 Å². The summed E-state index contributed by atoms with van der Waals surface area (Å²) in [4.78, 5) is 4.53. The van der Waals surface area contributed by atoms with Crippen LogP contribution in [0, 0.1) is 11.8 Å². The summed E-state index contributed by atoms with van der Waals surface area (Å²) in [5, 5.41) is 0. The van der Waals surface area contributed by atoms with E-state index < -0.39 is 0 Å². The molecular weight excluding hydrogens is 122 g/mol. The van der Waals surface area contributed by atoms with Gasteiger partial charge in [-0.15, -0.1) is 0 Å². The Morgan fingerprint density at radius 2 is 2.40 bits per heavy atom. The molecule has 10 heavy (non-hydrogen) atoms. The second kappa shape index (κ2) is 1.94.